The average Bonchev–Trinajstić information content (AvgIpc) is 2.81. The first-order valence-corrected chi connectivity index (χ1v) is 13.1. The summed E-state index contributed by atoms with van der Waals surface area (Å²) in [7, 11) is -3.52. The van der Waals surface area contributed by atoms with E-state index in [9.17, 15) is 13.2 Å². The molecule has 7 heteroatoms. The van der Waals surface area contributed by atoms with Crippen molar-refractivity contribution in [2.24, 2.45) is 0 Å². The Morgan fingerprint density at radius 3 is 2.09 bits per heavy atom. The number of nitrogens with zero attached hydrogens (tertiary/aromatic N) is 1. The van der Waals surface area contributed by atoms with E-state index in [1.54, 1.807) is 48.5 Å². The van der Waals surface area contributed by atoms with Crippen molar-refractivity contribution >= 4 is 33.2 Å². The Hall–Kier alpha value is -2.83. The van der Waals surface area contributed by atoms with Crippen LogP contribution in [-0.2, 0) is 36.0 Å². The highest BCUT2D eigenvalue weighted by molar-refractivity contribution is 7.92. The van der Waals surface area contributed by atoms with E-state index < -0.39 is 10.0 Å². The van der Waals surface area contributed by atoms with Crippen molar-refractivity contribution in [1.29, 1.82) is 0 Å². The Balaban J connectivity index is 1.74. The SMILES string of the molecule is CCc1ccc(CC)c(CNC(=O)c2ccc(N(Cc3ccc(Cl)cc3)S(C)(=O)=O)cc2)c1. The predicted molar refractivity (Wildman–Crippen MR) is 135 cm³/mol. The van der Waals surface area contributed by atoms with E-state index in [0.29, 0.717) is 22.8 Å². The lowest BCUT2D eigenvalue weighted by molar-refractivity contribution is 0.0951. The van der Waals surface area contributed by atoms with Crippen molar-refractivity contribution in [3.05, 3.63) is 99.6 Å². The number of rotatable bonds is 9. The monoisotopic (exact) mass is 484 g/mol. The van der Waals surface area contributed by atoms with Gasteiger partial charge in [0.05, 0.1) is 18.5 Å². The van der Waals surface area contributed by atoms with Crippen LogP contribution in [0.4, 0.5) is 5.69 Å². The first-order chi connectivity index (χ1) is 15.7. The van der Waals surface area contributed by atoms with Crippen molar-refractivity contribution in [2.75, 3.05) is 10.6 Å². The summed E-state index contributed by atoms with van der Waals surface area (Å²) in [4.78, 5) is 12.7. The fraction of sp³-hybridized carbons (Fsp3) is 0.269. The van der Waals surface area contributed by atoms with Gasteiger partial charge in [0, 0.05) is 17.1 Å². The van der Waals surface area contributed by atoms with Crippen molar-refractivity contribution in [3.63, 3.8) is 0 Å². The van der Waals surface area contributed by atoms with Gasteiger partial charge in [-0.1, -0.05) is 55.8 Å². The van der Waals surface area contributed by atoms with Gasteiger partial charge in [-0.15, -0.1) is 0 Å². The van der Waals surface area contributed by atoms with Crippen LogP contribution in [0.1, 0.15) is 46.5 Å². The van der Waals surface area contributed by atoms with Crippen LogP contribution < -0.4 is 9.62 Å². The van der Waals surface area contributed by atoms with Crippen LogP contribution in [0.25, 0.3) is 0 Å². The Labute approximate surface area is 201 Å². The van der Waals surface area contributed by atoms with Gasteiger partial charge in [-0.2, -0.15) is 0 Å². The number of nitrogens with one attached hydrogen (secondary N) is 1. The van der Waals surface area contributed by atoms with Gasteiger partial charge in [0.2, 0.25) is 10.0 Å². The lowest BCUT2D eigenvalue weighted by atomic mass is 10.0. The number of carbonyl (C=O) groups is 1. The Morgan fingerprint density at radius 2 is 1.52 bits per heavy atom. The molecule has 0 bridgehead atoms. The molecule has 0 aliphatic heterocycles. The normalized spacial score (nSPS) is 11.3. The lowest BCUT2D eigenvalue weighted by Crippen LogP contribution is -2.29. The molecule has 0 saturated carbocycles. The second kappa shape index (κ2) is 10.9. The van der Waals surface area contributed by atoms with E-state index in [0.717, 1.165) is 24.0 Å². The topological polar surface area (TPSA) is 66.5 Å². The van der Waals surface area contributed by atoms with Crippen molar-refractivity contribution in [1.82, 2.24) is 5.32 Å². The van der Waals surface area contributed by atoms with Crippen molar-refractivity contribution in [2.45, 2.75) is 39.8 Å². The number of benzene rings is 3. The molecule has 0 aromatic heterocycles. The Bertz CT molecular complexity index is 1210. The highest BCUT2D eigenvalue weighted by Crippen LogP contribution is 2.22. The first-order valence-electron chi connectivity index (χ1n) is 10.9. The largest absolute Gasteiger partial charge is 0.348 e. The van der Waals surface area contributed by atoms with Crippen LogP contribution in [-0.4, -0.2) is 20.6 Å². The zero-order valence-corrected chi connectivity index (χ0v) is 20.7. The molecule has 33 heavy (non-hydrogen) atoms. The van der Waals surface area contributed by atoms with Crippen LogP contribution in [0, 0.1) is 0 Å². The fourth-order valence-electron chi connectivity index (χ4n) is 3.62. The second-order valence-corrected chi connectivity index (χ2v) is 10.3. The molecule has 0 aliphatic rings. The molecular weight excluding hydrogens is 456 g/mol. The summed E-state index contributed by atoms with van der Waals surface area (Å²) < 4.78 is 26.1. The number of anilines is 1. The van der Waals surface area contributed by atoms with Gasteiger partial charge in [0.1, 0.15) is 0 Å². The molecule has 0 heterocycles. The molecule has 0 unspecified atom stereocenters. The molecule has 3 rings (SSSR count). The first kappa shape index (κ1) is 24.8. The predicted octanol–water partition coefficient (Wildman–Crippen LogP) is 5.36. The molecular formula is C26H29ClN2O3S. The van der Waals surface area contributed by atoms with Gasteiger partial charge in [0.15, 0.2) is 0 Å². The maximum absolute atomic E-state index is 12.7. The summed E-state index contributed by atoms with van der Waals surface area (Å²) in [5.41, 5.74) is 5.35. The van der Waals surface area contributed by atoms with Crippen LogP contribution in [0.3, 0.4) is 0 Å². The Kier molecular flexibility index (Phi) is 8.16. The number of amides is 1. The molecule has 3 aromatic rings. The van der Waals surface area contributed by atoms with Crippen LogP contribution in [0.2, 0.25) is 5.02 Å². The van der Waals surface area contributed by atoms with E-state index in [4.69, 9.17) is 11.6 Å². The quantitative estimate of drug-likeness (QED) is 0.444. The smallest absolute Gasteiger partial charge is 0.251 e. The maximum Gasteiger partial charge on any atom is 0.251 e. The third kappa shape index (κ3) is 6.59. The molecule has 0 atom stereocenters. The van der Waals surface area contributed by atoms with Gasteiger partial charge >= 0.3 is 0 Å². The van der Waals surface area contributed by atoms with Gasteiger partial charge in [-0.25, -0.2) is 8.42 Å². The average molecular weight is 485 g/mol. The molecule has 1 N–H and O–H groups in total. The summed E-state index contributed by atoms with van der Waals surface area (Å²) >= 11 is 5.93. The van der Waals surface area contributed by atoms with Gasteiger partial charge in [-0.05, 0) is 71.5 Å². The molecule has 0 aliphatic carbocycles. The van der Waals surface area contributed by atoms with Crippen molar-refractivity contribution in [3.8, 4) is 0 Å². The third-order valence-electron chi connectivity index (χ3n) is 5.56. The minimum atomic E-state index is -3.52. The number of aryl methyl sites for hydroxylation is 2. The number of hydrogen-bond acceptors (Lipinski definition) is 3. The molecule has 5 nitrogen and oxygen atoms in total. The number of carbonyl (C=O) groups excluding carboxylic acids is 1. The third-order valence-corrected chi connectivity index (χ3v) is 6.95. The van der Waals surface area contributed by atoms with E-state index >= 15 is 0 Å². The molecule has 0 saturated heterocycles. The van der Waals surface area contributed by atoms with Crippen LogP contribution >= 0.6 is 11.6 Å². The van der Waals surface area contributed by atoms with Crippen LogP contribution in [0.15, 0.2) is 66.7 Å². The summed E-state index contributed by atoms with van der Waals surface area (Å²) in [5, 5.41) is 3.57. The van der Waals surface area contributed by atoms with Gasteiger partial charge in [-0.3, -0.25) is 9.10 Å². The minimum absolute atomic E-state index is 0.176. The number of sulfonamides is 1. The molecule has 0 radical (unpaired) electrons. The minimum Gasteiger partial charge on any atom is -0.348 e. The standard InChI is InChI=1S/C26H29ClN2O3S/c1-4-19-6-9-21(5-2)23(16-19)17-28-26(30)22-10-14-25(15-11-22)29(33(3,31)32)18-20-7-12-24(27)13-8-20/h6-16H,4-5,17-18H2,1-3H3,(H,28,30). The molecule has 3 aromatic carbocycles. The summed E-state index contributed by atoms with van der Waals surface area (Å²) in [6, 6.07) is 20.0. The molecule has 1 amide bonds. The second-order valence-electron chi connectivity index (χ2n) is 7.94. The van der Waals surface area contributed by atoms with E-state index in [1.807, 2.05) is 0 Å². The summed E-state index contributed by atoms with van der Waals surface area (Å²) in [5.74, 6) is -0.200. The Morgan fingerprint density at radius 1 is 0.879 bits per heavy atom. The lowest BCUT2D eigenvalue weighted by Gasteiger charge is -2.23. The highest BCUT2D eigenvalue weighted by atomic mass is 35.5. The molecule has 0 spiro atoms. The highest BCUT2D eigenvalue weighted by Gasteiger charge is 2.18. The van der Waals surface area contributed by atoms with Crippen molar-refractivity contribution < 1.29 is 13.2 Å². The number of hydrogen-bond donors (Lipinski definition) is 1. The molecule has 174 valence electrons. The maximum atomic E-state index is 12.7. The number of halogens is 1. The summed E-state index contributed by atoms with van der Waals surface area (Å²) in [6.07, 6.45) is 3.01. The molecule has 0 fully saturated rings. The zero-order chi connectivity index (χ0) is 24.0. The van der Waals surface area contributed by atoms with Gasteiger partial charge < -0.3 is 5.32 Å². The van der Waals surface area contributed by atoms with Crippen LogP contribution in [0.5, 0.6) is 0 Å². The van der Waals surface area contributed by atoms with E-state index in [-0.39, 0.29) is 12.5 Å². The summed E-state index contributed by atoms with van der Waals surface area (Å²) in [6.45, 7) is 4.83. The fourth-order valence-corrected chi connectivity index (χ4v) is 4.64. The zero-order valence-electron chi connectivity index (χ0n) is 19.1. The van der Waals surface area contributed by atoms with E-state index in [2.05, 4.69) is 37.4 Å². The van der Waals surface area contributed by atoms with E-state index in [1.165, 1.54) is 21.7 Å². The van der Waals surface area contributed by atoms with Gasteiger partial charge in [0.25, 0.3) is 5.91 Å².